The van der Waals surface area contributed by atoms with E-state index in [0.29, 0.717) is 0 Å². The second-order valence-corrected chi connectivity index (χ2v) is 7.66. The van der Waals surface area contributed by atoms with E-state index in [-0.39, 0.29) is 0 Å². The minimum absolute atomic E-state index is 1.31. The Labute approximate surface area is 138 Å². The van der Waals surface area contributed by atoms with Gasteiger partial charge in [-0.3, -0.25) is 0 Å². The van der Waals surface area contributed by atoms with E-state index in [2.05, 4.69) is 60.7 Å². The minimum atomic E-state index is 1.31. The molecule has 0 saturated carbocycles. The van der Waals surface area contributed by atoms with Crippen LogP contribution in [0.5, 0.6) is 0 Å². The number of hydrogen-bond donors (Lipinski definition) is 1. The summed E-state index contributed by atoms with van der Waals surface area (Å²) in [6, 6.07) is 0. The predicted molar refractivity (Wildman–Crippen MR) is 98.2 cm³/mol. The van der Waals surface area contributed by atoms with Crippen LogP contribution in [0.4, 0.5) is 11.4 Å². The van der Waals surface area contributed by atoms with Gasteiger partial charge < -0.3 is 5.32 Å². The monoisotopic (exact) mass is 311 g/mol. The van der Waals surface area contributed by atoms with Gasteiger partial charge in [-0.25, -0.2) is 0 Å². The molecule has 1 heterocycles. The lowest BCUT2D eigenvalue weighted by molar-refractivity contribution is 1.10. The van der Waals surface area contributed by atoms with Crippen molar-refractivity contribution in [2.24, 2.45) is 0 Å². The third-order valence-electron chi connectivity index (χ3n) is 5.71. The first kappa shape index (κ1) is 15.5. The summed E-state index contributed by atoms with van der Waals surface area (Å²) >= 11 is 1.95. The van der Waals surface area contributed by atoms with Crippen molar-refractivity contribution in [3.63, 3.8) is 0 Å². The van der Waals surface area contributed by atoms with Crippen LogP contribution in [0.1, 0.15) is 44.5 Å². The molecule has 0 spiro atoms. The van der Waals surface area contributed by atoms with E-state index < -0.39 is 0 Å². The first-order valence-corrected chi connectivity index (χ1v) is 8.72. The Morgan fingerprint density at radius 3 is 1.14 bits per heavy atom. The molecule has 2 aromatic rings. The Bertz CT molecular complexity index is 680. The largest absolute Gasteiger partial charge is 0.353 e. The fraction of sp³-hybridized carbons (Fsp3) is 0.400. The first-order valence-electron chi connectivity index (χ1n) is 7.91. The van der Waals surface area contributed by atoms with Gasteiger partial charge in [0.25, 0.3) is 0 Å². The van der Waals surface area contributed by atoms with Crippen molar-refractivity contribution in [2.45, 2.75) is 65.2 Å². The van der Waals surface area contributed by atoms with Gasteiger partial charge in [0, 0.05) is 9.79 Å². The summed E-state index contributed by atoms with van der Waals surface area (Å²) < 4.78 is 0. The molecule has 116 valence electrons. The standard InChI is InChI=1S/C20H25NS/c1-9-11(3)15(7)19-17(13(9)5)21-18-14(6)10(2)12(4)16(8)20(18)22-19/h21H,1-8H3. The second kappa shape index (κ2) is 5.06. The van der Waals surface area contributed by atoms with E-state index in [1.807, 2.05) is 11.8 Å². The highest BCUT2D eigenvalue weighted by Gasteiger charge is 2.26. The van der Waals surface area contributed by atoms with Crippen LogP contribution in [0.3, 0.4) is 0 Å². The SMILES string of the molecule is Cc1c(C)c(C)c2c(c1C)Nc1c(C)c(C)c(C)c(C)c1S2. The molecular formula is C20H25NS. The Morgan fingerprint density at radius 2 is 0.773 bits per heavy atom. The van der Waals surface area contributed by atoms with Crippen LogP contribution in [-0.2, 0) is 0 Å². The van der Waals surface area contributed by atoms with Gasteiger partial charge in [-0.15, -0.1) is 0 Å². The lowest BCUT2D eigenvalue weighted by atomic mass is 9.95. The highest BCUT2D eigenvalue weighted by atomic mass is 32.2. The zero-order valence-corrected chi connectivity index (χ0v) is 15.7. The molecule has 2 heteroatoms. The number of anilines is 2. The fourth-order valence-electron chi connectivity index (χ4n) is 3.34. The van der Waals surface area contributed by atoms with Gasteiger partial charge in [-0.1, -0.05) is 11.8 Å². The molecule has 0 atom stereocenters. The zero-order chi connectivity index (χ0) is 16.3. The smallest absolute Gasteiger partial charge is 0.0561 e. The summed E-state index contributed by atoms with van der Waals surface area (Å²) in [7, 11) is 0. The highest BCUT2D eigenvalue weighted by Crippen LogP contribution is 2.52. The summed E-state index contributed by atoms with van der Waals surface area (Å²) in [6.07, 6.45) is 0. The van der Waals surface area contributed by atoms with Gasteiger partial charge in [0.15, 0.2) is 0 Å². The number of rotatable bonds is 0. The van der Waals surface area contributed by atoms with E-state index in [1.165, 1.54) is 65.7 Å². The maximum Gasteiger partial charge on any atom is 0.0561 e. The predicted octanol–water partition coefficient (Wildman–Crippen LogP) is 6.36. The van der Waals surface area contributed by atoms with Crippen LogP contribution < -0.4 is 5.32 Å². The molecule has 3 rings (SSSR count). The maximum atomic E-state index is 3.77. The van der Waals surface area contributed by atoms with Gasteiger partial charge >= 0.3 is 0 Å². The van der Waals surface area contributed by atoms with Crippen molar-refractivity contribution in [3.8, 4) is 0 Å². The topological polar surface area (TPSA) is 12.0 Å². The van der Waals surface area contributed by atoms with Crippen molar-refractivity contribution in [3.05, 3.63) is 44.5 Å². The molecular weight excluding hydrogens is 286 g/mol. The van der Waals surface area contributed by atoms with E-state index in [0.717, 1.165) is 0 Å². The second-order valence-electron chi connectivity index (χ2n) is 6.64. The zero-order valence-electron chi connectivity index (χ0n) is 14.9. The Morgan fingerprint density at radius 1 is 0.455 bits per heavy atom. The minimum Gasteiger partial charge on any atom is -0.353 e. The normalized spacial score (nSPS) is 12.7. The van der Waals surface area contributed by atoms with Gasteiger partial charge in [0.1, 0.15) is 0 Å². The Balaban J connectivity index is 2.32. The molecule has 0 fully saturated rings. The molecule has 1 aliphatic rings. The van der Waals surface area contributed by atoms with Crippen molar-refractivity contribution >= 4 is 23.1 Å². The lowest BCUT2D eigenvalue weighted by Crippen LogP contribution is -2.10. The highest BCUT2D eigenvalue weighted by molar-refractivity contribution is 7.99. The Kier molecular flexibility index (Phi) is 3.56. The third kappa shape index (κ3) is 1.93. The van der Waals surface area contributed by atoms with Crippen molar-refractivity contribution in [1.82, 2.24) is 0 Å². The Hall–Kier alpha value is -1.41. The average Bonchev–Trinajstić information content (AvgIpc) is 2.52. The van der Waals surface area contributed by atoms with Crippen LogP contribution in [-0.4, -0.2) is 0 Å². The fourth-order valence-corrected chi connectivity index (χ4v) is 4.77. The van der Waals surface area contributed by atoms with E-state index in [4.69, 9.17) is 0 Å². The number of nitrogens with one attached hydrogen (secondary N) is 1. The van der Waals surface area contributed by atoms with Gasteiger partial charge in [-0.05, 0) is 99.9 Å². The molecule has 1 N–H and O–H groups in total. The molecule has 0 saturated heterocycles. The lowest BCUT2D eigenvalue weighted by Gasteiger charge is -2.30. The number of fused-ring (bicyclic) bond motifs is 2. The molecule has 2 aromatic carbocycles. The summed E-state index contributed by atoms with van der Waals surface area (Å²) in [4.78, 5) is 2.80. The van der Waals surface area contributed by atoms with Gasteiger partial charge in [-0.2, -0.15) is 0 Å². The van der Waals surface area contributed by atoms with E-state index in [9.17, 15) is 0 Å². The van der Waals surface area contributed by atoms with E-state index >= 15 is 0 Å². The molecule has 1 nitrogen and oxygen atoms in total. The third-order valence-corrected chi connectivity index (χ3v) is 7.14. The summed E-state index contributed by atoms with van der Waals surface area (Å²) in [5.41, 5.74) is 13.9. The number of hydrogen-bond acceptors (Lipinski definition) is 2. The van der Waals surface area contributed by atoms with Crippen LogP contribution in [0, 0.1) is 55.4 Å². The quantitative estimate of drug-likeness (QED) is 0.518. The molecule has 22 heavy (non-hydrogen) atoms. The molecule has 0 aromatic heterocycles. The molecule has 0 aliphatic carbocycles. The summed E-state index contributed by atoms with van der Waals surface area (Å²) in [5.74, 6) is 0. The van der Waals surface area contributed by atoms with Gasteiger partial charge in [0.05, 0.1) is 11.4 Å². The number of benzene rings is 2. The molecule has 1 aliphatic heterocycles. The molecule has 0 unspecified atom stereocenters. The van der Waals surface area contributed by atoms with Gasteiger partial charge in [0.2, 0.25) is 0 Å². The molecule has 0 bridgehead atoms. The van der Waals surface area contributed by atoms with Crippen LogP contribution >= 0.6 is 11.8 Å². The molecule has 0 amide bonds. The van der Waals surface area contributed by atoms with Crippen LogP contribution in [0.15, 0.2) is 9.79 Å². The van der Waals surface area contributed by atoms with Crippen molar-refractivity contribution in [1.29, 1.82) is 0 Å². The van der Waals surface area contributed by atoms with Crippen molar-refractivity contribution < 1.29 is 0 Å². The summed E-state index contributed by atoms with van der Waals surface area (Å²) in [6.45, 7) is 17.9. The average molecular weight is 311 g/mol. The van der Waals surface area contributed by atoms with E-state index in [1.54, 1.807) is 0 Å². The molecule has 0 radical (unpaired) electrons. The van der Waals surface area contributed by atoms with Crippen molar-refractivity contribution in [2.75, 3.05) is 5.32 Å². The summed E-state index contributed by atoms with van der Waals surface area (Å²) in [5, 5.41) is 3.77. The van der Waals surface area contributed by atoms with Crippen LogP contribution in [0.25, 0.3) is 0 Å². The maximum absolute atomic E-state index is 3.77. The van der Waals surface area contributed by atoms with Crippen LogP contribution in [0.2, 0.25) is 0 Å². The first-order chi connectivity index (χ1) is 10.3.